The summed E-state index contributed by atoms with van der Waals surface area (Å²) >= 11 is 0. The third kappa shape index (κ3) is 2.39. The number of carbonyl (C=O) groups excluding carboxylic acids is 1. The highest BCUT2D eigenvalue weighted by Crippen LogP contribution is 2.27. The fourth-order valence-electron chi connectivity index (χ4n) is 2.36. The molecule has 2 N–H and O–H groups in total. The van der Waals surface area contributed by atoms with Crippen LogP contribution in [0.5, 0.6) is 0 Å². The summed E-state index contributed by atoms with van der Waals surface area (Å²) in [6, 6.07) is 3.45. The van der Waals surface area contributed by atoms with Crippen LogP contribution in [0.15, 0.2) is 24.5 Å². The molecule has 1 aliphatic heterocycles. The molecule has 3 rings (SSSR count). The van der Waals surface area contributed by atoms with E-state index in [0.717, 1.165) is 12.1 Å². The van der Waals surface area contributed by atoms with Gasteiger partial charge in [-0.05, 0) is 25.5 Å². The van der Waals surface area contributed by atoms with Crippen molar-refractivity contribution in [2.45, 2.75) is 25.5 Å². The second-order valence-electron chi connectivity index (χ2n) is 4.70. The van der Waals surface area contributed by atoms with Crippen molar-refractivity contribution >= 4 is 5.91 Å². The maximum Gasteiger partial charge on any atom is 0.253 e. The number of H-pyrrole nitrogens is 1. The molecular formula is C13H15N5O2. The number of hydrogen-bond donors (Lipinski definition) is 2. The number of nitrogens with one attached hydrogen (secondary N) is 2. The lowest BCUT2D eigenvalue weighted by molar-refractivity contribution is 0.0806. The van der Waals surface area contributed by atoms with Gasteiger partial charge in [-0.2, -0.15) is 15.3 Å². The summed E-state index contributed by atoms with van der Waals surface area (Å²) in [4.78, 5) is 12.3. The molecule has 20 heavy (non-hydrogen) atoms. The molecule has 7 heteroatoms. The largest absolute Gasteiger partial charge is 0.370 e. The topological polar surface area (TPSA) is 92.8 Å². The number of aromatic nitrogens is 4. The van der Waals surface area contributed by atoms with Gasteiger partial charge in [0, 0.05) is 12.8 Å². The third-order valence-corrected chi connectivity index (χ3v) is 3.39. The van der Waals surface area contributed by atoms with Gasteiger partial charge in [0.05, 0.1) is 29.2 Å². The summed E-state index contributed by atoms with van der Waals surface area (Å²) in [5, 5.41) is 17.4. The molecule has 0 saturated carbocycles. The SMILES string of the molecule is Cc1nnccc1C(=O)N[C@H]1CCO[C@@H]1c1ccn[nH]1. The second-order valence-corrected chi connectivity index (χ2v) is 4.70. The summed E-state index contributed by atoms with van der Waals surface area (Å²) in [6.45, 7) is 2.38. The molecule has 0 aromatic carbocycles. The molecule has 7 nitrogen and oxygen atoms in total. The van der Waals surface area contributed by atoms with E-state index < -0.39 is 0 Å². The van der Waals surface area contributed by atoms with Crippen LogP contribution in [0.4, 0.5) is 0 Å². The number of carbonyl (C=O) groups is 1. The van der Waals surface area contributed by atoms with Crippen LogP contribution >= 0.6 is 0 Å². The van der Waals surface area contributed by atoms with Crippen LogP contribution in [0.1, 0.15) is 34.3 Å². The Morgan fingerprint density at radius 2 is 2.35 bits per heavy atom. The molecule has 0 aliphatic carbocycles. The Labute approximate surface area is 115 Å². The molecule has 2 atom stereocenters. The first-order chi connectivity index (χ1) is 9.75. The smallest absolute Gasteiger partial charge is 0.253 e. The molecule has 1 amide bonds. The Kier molecular flexibility index (Phi) is 3.42. The van der Waals surface area contributed by atoms with E-state index in [1.54, 1.807) is 19.2 Å². The highest BCUT2D eigenvalue weighted by molar-refractivity contribution is 5.95. The number of amides is 1. The van der Waals surface area contributed by atoms with Gasteiger partial charge in [0.15, 0.2) is 0 Å². The predicted molar refractivity (Wildman–Crippen MR) is 69.9 cm³/mol. The van der Waals surface area contributed by atoms with Gasteiger partial charge in [0.1, 0.15) is 6.10 Å². The molecule has 1 saturated heterocycles. The van der Waals surface area contributed by atoms with Crippen LogP contribution in [0.3, 0.4) is 0 Å². The van der Waals surface area contributed by atoms with E-state index in [1.165, 1.54) is 6.20 Å². The van der Waals surface area contributed by atoms with Gasteiger partial charge in [0.25, 0.3) is 5.91 Å². The van der Waals surface area contributed by atoms with E-state index in [4.69, 9.17) is 4.74 Å². The van der Waals surface area contributed by atoms with E-state index in [9.17, 15) is 4.79 Å². The molecule has 2 aromatic heterocycles. The molecule has 2 aromatic rings. The average Bonchev–Trinajstić information content (AvgIpc) is 3.09. The van der Waals surface area contributed by atoms with Gasteiger partial charge < -0.3 is 10.1 Å². The minimum Gasteiger partial charge on any atom is -0.370 e. The summed E-state index contributed by atoms with van der Waals surface area (Å²) in [6.07, 6.45) is 3.77. The Hall–Kier alpha value is -2.28. The molecule has 3 heterocycles. The van der Waals surface area contributed by atoms with E-state index in [2.05, 4.69) is 25.7 Å². The van der Waals surface area contributed by atoms with Gasteiger partial charge in [-0.15, -0.1) is 0 Å². The highest BCUT2D eigenvalue weighted by Gasteiger charge is 2.32. The summed E-state index contributed by atoms with van der Waals surface area (Å²) in [5.74, 6) is -0.155. The van der Waals surface area contributed by atoms with Crippen molar-refractivity contribution in [2.75, 3.05) is 6.61 Å². The summed E-state index contributed by atoms with van der Waals surface area (Å²) in [5.41, 5.74) is 2.02. The Morgan fingerprint density at radius 3 is 3.10 bits per heavy atom. The monoisotopic (exact) mass is 273 g/mol. The lowest BCUT2D eigenvalue weighted by atomic mass is 10.1. The van der Waals surface area contributed by atoms with Crippen molar-refractivity contribution < 1.29 is 9.53 Å². The fraction of sp³-hybridized carbons (Fsp3) is 0.385. The lowest BCUT2D eigenvalue weighted by Gasteiger charge is -2.18. The lowest BCUT2D eigenvalue weighted by Crippen LogP contribution is -2.37. The van der Waals surface area contributed by atoms with Crippen molar-refractivity contribution in [1.29, 1.82) is 0 Å². The van der Waals surface area contributed by atoms with Crippen molar-refractivity contribution in [3.8, 4) is 0 Å². The molecule has 1 fully saturated rings. The fourth-order valence-corrected chi connectivity index (χ4v) is 2.36. The van der Waals surface area contributed by atoms with Crippen LogP contribution in [-0.4, -0.2) is 39.0 Å². The van der Waals surface area contributed by atoms with Gasteiger partial charge >= 0.3 is 0 Å². The molecule has 1 aliphatic rings. The average molecular weight is 273 g/mol. The number of hydrogen-bond acceptors (Lipinski definition) is 5. The van der Waals surface area contributed by atoms with E-state index >= 15 is 0 Å². The molecule has 0 spiro atoms. The molecule has 0 unspecified atom stereocenters. The number of ether oxygens (including phenoxy) is 1. The predicted octanol–water partition coefficient (Wildman–Crippen LogP) is 0.768. The van der Waals surface area contributed by atoms with Gasteiger partial charge in [-0.25, -0.2) is 0 Å². The zero-order valence-corrected chi connectivity index (χ0v) is 11.0. The first kappa shape index (κ1) is 12.7. The zero-order valence-electron chi connectivity index (χ0n) is 11.0. The van der Waals surface area contributed by atoms with Crippen LogP contribution in [0, 0.1) is 6.92 Å². The summed E-state index contributed by atoms with van der Waals surface area (Å²) < 4.78 is 5.66. The third-order valence-electron chi connectivity index (χ3n) is 3.39. The number of rotatable bonds is 3. The zero-order chi connectivity index (χ0) is 13.9. The van der Waals surface area contributed by atoms with E-state index in [1.807, 2.05) is 6.07 Å². The Morgan fingerprint density at radius 1 is 1.45 bits per heavy atom. The van der Waals surface area contributed by atoms with Gasteiger partial charge in [0.2, 0.25) is 0 Å². The van der Waals surface area contributed by atoms with Crippen molar-refractivity contribution in [2.24, 2.45) is 0 Å². The number of aryl methyl sites for hydroxylation is 1. The second kappa shape index (κ2) is 5.38. The quantitative estimate of drug-likeness (QED) is 0.861. The molecular weight excluding hydrogens is 258 g/mol. The minimum absolute atomic E-state index is 0.0736. The van der Waals surface area contributed by atoms with Crippen LogP contribution in [-0.2, 0) is 4.74 Å². The van der Waals surface area contributed by atoms with E-state index in [0.29, 0.717) is 17.9 Å². The normalized spacial score (nSPS) is 21.9. The molecule has 0 bridgehead atoms. The maximum atomic E-state index is 12.3. The highest BCUT2D eigenvalue weighted by atomic mass is 16.5. The van der Waals surface area contributed by atoms with Crippen molar-refractivity contribution in [3.05, 3.63) is 41.5 Å². The Bertz CT molecular complexity index is 599. The van der Waals surface area contributed by atoms with E-state index in [-0.39, 0.29) is 18.1 Å². The van der Waals surface area contributed by atoms with Crippen molar-refractivity contribution in [3.63, 3.8) is 0 Å². The molecule has 104 valence electrons. The van der Waals surface area contributed by atoms with Crippen LogP contribution in [0.2, 0.25) is 0 Å². The number of nitrogens with zero attached hydrogens (tertiary/aromatic N) is 3. The molecule has 0 radical (unpaired) electrons. The van der Waals surface area contributed by atoms with Crippen LogP contribution < -0.4 is 5.32 Å². The maximum absolute atomic E-state index is 12.3. The number of aromatic amines is 1. The van der Waals surface area contributed by atoms with Crippen LogP contribution in [0.25, 0.3) is 0 Å². The van der Waals surface area contributed by atoms with Crippen molar-refractivity contribution in [1.82, 2.24) is 25.7 Å². The summed E-state index contributed by atoms with van der Waals surface area (Å²) in [7, 11) is 0. The first-order valence-electron chi connectivity index (χ1n) is 6.46. The van der Waals surface area contributed by atoms with Gasteiger partial charge in [-0.1, -0.05) is 0 Å². The van der Waals surface area contributed by atoms with Gasteiger partial charge in [-0.3, -0.25) is 9.89 Å². The standard InChI is InChI=1S/C13H15N5O2/c1-8-9(2-5-14-17-8)13(19)16-10-4-7-20-12(10)11-3-6-15-18-11/h2-3,5-6,10,12H,4,7H2,1H3,(H,15,18)(H,16,19)/t10-,12-/m0/s1. The Balaban J connectivity index is 1.74. The minimum atomic E-state index is -0.184. The first-order valence-corrected chi connectivity index (χ1v) is 6.46.